The smallest absolute Gasteiger partial charge is 0.261 e. The number of ether oxygens (including phenoxy) is 2. The van der Waals surface area contributed by atoms with E-state index in [1.807, 2.05) is 42.5 Å². The maximum absolute atomic E-state index is 13.4. The molecule has 1 N–H and O–H groups in total. The van der Waals surface area contributed by atoms with Gasteiger partial charge in [0.25, 0.3) is 5.91 Å². The van der Waals surface area contributed by atoms with Crippen LogP contribution in [0.1, 0.15) is 70.9 Å². The topological polar surface area (TPSA) is 67.9 Å². The van der Waals surface area contributed by atoms with Crippen LogP contribution in [0.5, 0.6) is 11.5 Å². The molecule has 0 saturated heterocycles. The summed E-state index contributed by atoms with van der Waals surface area (Å²) in [5.74, 6) is 0.917. The fourth-order valence-electron chi connectivity index (χ4n) is 4.43. The zero-order chi connectivity index (χ0) is 26.3. The second kappa shape index (κ2) is 12.6. The lowest BCUT2D eigenvalue weighted by atomic mass is 9.87. The van der Waals surface area contributed by atoms with Crippen molar-refractivity contribution in [3.8, 4) is 11.5 Å². The number of rotatable bonds is 9. The molecule has 1 aliphatic carbocycles. The maximum Gasteiger partial charge on any atom is 0.261 e. The number of hydrogen-bond donors (Lipinski definition) is 1. The standard InChI is InChI=1S/C29H39BrN2O4/c1-20(28(34)31-23-11-7-6-8-12-23)32(18-21-10-9-13-24(16-21)35-5)27(33)19-36-26-15-14-22(17-25(26)30)29(2,3)4/h9-10,13-17,20,23H,6-8,11-12,18-19H2,1-5H3,(H,31,34). The van der Waals surface area contributed by atoms with Crippen LogP contribution in [0.2, 0.25) is 0 Å². The second-order valence-corrected chi connectivity index (χ2v) is 11.4. The first-order valence-corrected chi connectivity index (χ1v) is 13.5. The normalized spacial score (nSPS) is 15.2. The first kappa shape index (κ1) is 28.0. The fourth-order valence-corrected chi connectivity index (χ4v) is 4.92. The average molecular weight is 560 g/mol. The number of amides is 2. The number of carbonyl (C=O) groups is 2. The Morgan fingerprint density at radius 2 is 1.83 bits per heavy atom. The number of carbonyl (C=O) groups excluding carboxylic acids is 2. The van der Waals surface area contributed by atoms with Crippen LogP contribution in [0.15, 0.2) is 46.9 Å². The van der Waals surface area contributed by atoms with Crippen LogP contribution in [0.4, 0.5) is 0 Å². The minimum absolute atomic E-state index is 0.00549. The largest absolute Gasteiger partial charge is 0.497 e. The van der Waals surface area contributed by atoms with Crippen molar-refractivity contribution >= 4 is 27.7 Å². The van der Waals surface area contributed by atoms with Gasteiger partial charge >= 0.3 is 0 Å². The van der Waals surface area contributed by atoms with E-state index < -0.39 is 6.04 Å². The van der Waals surface area contributed by atoms with Crippen LogP contribution >= 0.6 is 15.9 Å². The van der Waals surface area contributed by atoms with E-state index in [0.29, 0.717) is 11.5 Å². The van der Waals surface area contributed by atoms with Crippen molar-refractivity contribution in [3.63, 3.8) is 0 Å². The Labute approximate surface area is 223 Å². The van der Waals surface area contributed by atoms with Gasteiger partial charge in [0.05, 0.1) is 11.6 Å². The number of nitrogens with one attached hydrogen (secondary N) is 1. The van der Waals surface area contributed by atoms with Gasteiger partial charge in [0.1, 0.15) is 17.5 Å². The molecule has 3 rings (SSSR count). The van der Waals surface area contributed by atoms with E-state index in [4.69, 9.17) is 9.47 Å². The summed E-state index contributed by atoms with van der Waals surface area (Å²) in [6.07, 6.45) is 5.45. The zero-order valence-electron chi connectivity index (χ0n) is 22.1. The third kappa shape index (κ3) is 7.73. The van der Waals surface area contributed by atoms with Gasteiger partial charge in [0.15, 0.2) is 6.61 Å². The summed E-state index contributed by atoms with van der Waals surface area (Å²) in [5, 5.41) is 3.16. The van der Waals surface area contributed by atoms with Crippen molar-refractivity contribution < 1.29 is 19.1 Å². The SMILES string of the molecule is COc1cccc(CN(C(=O)COc2ccc(C(C)(C)C)cc2Br)C(C)C(=O)NC2CCCCC2)c1. The highest BCUT2D eigenvalue weighted by Gasteiger charge is 2.28. The Kier molecular flexibility index (Phi) is 9.83. The van der Waals surface area contributed by atoms with E-state index in [1.54, 1.807) is 18.9 Å². The summed E-state index contributed by atoms with van der Waals surface area (Å²) in [6.45, 7) is 8.34. The van der Waals surface area contributed by atoms with Gasteiger partial charge in [-0.05, 0) is 76.5 Å². The maximum atomic E-state index is 13.4. The van der Waals surface area contributed by atoms with Gasteiger partial charge in [-0.1, -0.05) is 58.2 Å². The van der Waals surface area contributed by atoms with Gasteiger partial charge in [-0.25, -0.2) is 0 Å². The first-order chi connectivity index (χ1) is 17.1. The molecule has 36 heavy (non-hydrogen) atoms. The predicted octanol–water partition coefficient (Wildman–Crippen LogP) is 6.00. The molecule has 2 aromatic carbocycles. The van der Waals surface area contributed by atoms with Crippen LogP contribution in [-0.2, 0) is 21.5 Å². The Morgan fingerprint density at radius 3 is 2.47 bits per heavy atom. The van der Waals surface area contributed by atoms with Gasteiger partial charge < -0.3 is 19.7 Å². The highest BCUT2D eigenvalue weighted by atomic mass is 79.9. The number of halogens is 1. The van der Waals surface area contributed by atoms with Crippen molar-refractivity contribution in [1.29, 1.82) is 0 Å². The van der Waals surface area contributed by atoms with Gasteiger partial charge in [-0.15, -0.1) is 0 Å². The molecule has 1 unspecified atom stereocenters. The van der Waals surface area contributed by atoms with Gasteiger partial charge in [-0.2, -0.15) is 0 Å². The molecule has 2 amide bonds. The number of nitrogens with zero attached hydrogens (tertiary/aromatic N) is 1. The summed E-state index contributed by atoms with van der Waals surface area (Å²) < 4.78 is 12.1. The van der Waals surface area contributed by atoms with E-state index in [0.717, 1.165) is 35.7 Å². The molecule has 2 aromatic rings. The van der Waals surface area contributed by atoms with Gasteiger partial charge in [-0.3, -0.25) is 9.59 Å². The van der Waals surface area contributed by atoms with E-state index >= 15 is 0 Å². The third-order valence-corrected chi connectivity index (χ3v) is 7.37. The summed E-state index contributed by atoms with van der Waals surface area (Å²) in [6, 6.07) is 13.0. The van der Waals surface area contributed by atoms with Crippen LogP contribution in [-0.4, -0.2) is 42.5 Å². The molecule has 1 atom stereocenters. The molecule has 196 valence electrons. The predicted molar refractivity (Wildman–Crippen MR) is 146 cm³/mol. The van der Waals surface area contributed by atoms with Crippen LogP contribution in [0.3, 0.4) is 0 Å². The molecule has 1 saturated carbocycles. The quantitative estimate of drug-likeness (QED) is 0.409. The van der Waals surface area contributed by atoms with Crippen LogP contribution in [0.25, 0.3) is 0 Å². The molecule has 0 spiro atoms. The first-order valence-electron chi connectivity index (χ1n) is 12.7. The molecule has 0 bridgehead atoms. The molecular formula is C29H39BrN2O4. The fraction of sp³-hybridized carbons (Fsp3) is 0.517. The van der Waals surface area contributed by atoms with E-state index in [9.17, 15) is 9.59 Å². The summed E-state index contributed by atoms with van der Waals surface area (Å²) in [7, 11) is 1.61. The van der Waals surface area contributed by atoms with Crippen molar-refractivity contribution in [2.75, 3.05) is 13.7 Å². The van der Waals surface area contributed by atoms with Gasteiger partial charge in [0, 0.05) is 12.6 Å². The van der Waals surface area contributed by atoms with Crippen molar-refractivity contribution in [3.05, 3.63) is 58.1 Å². The van der Waals surface area contributed by atoms with Crippen molar-refractivity contribution in [2.45, 2.75) is 83.8 Å². The Balaban J connectivity index is 1.75. The third-order valence-electron chi connectivity index (χ3n) is 6.75. The summed E-state index contributed by atoms with van der Waals surface area (Å²) in [4.78, 5) is 28.2. The minimum Gasteiger partial charge on any atom is -0.497 e. The Hall–Kier alpha value is -2.54. The minimum atomic E-state index is -0.638. The van der Waals surface area contributed by atoms with E-state index in [2.05, 4.69) is 42.0 Å². The van der Waals surface area contributed by atoms with Gasteiger partial charge in [0.2, 0.25) is 5.91 Å². The number of benzene rings is 2. The number of methoxy groups -OCH3 is 1. The molecule has 0 heterocycles. The monoisotopic (exact) mass is 558 g/mol. The molecule has 0 radical (unpaired) electrons. The number of hydrogen-bond acceptors (Lipinski definition) is 4. The van der Waals surface area contributed by atoms with Crippen molar-refractivity contribution in [2.24, 2.45) is 0 Å². The molecule has 7 heteroatoms. The lowest BCUT2D eigenvalue weighted by Crippen LogP contribution is -2.51. The molecule has 6 nitrogen and oxygen atoms in total. The summed E-state index contributed by atoms with van der Waals surface area (Å²) in [5.41, 5.74) is 2.06. The molecule has 0 aliphatic heterocycles. The second-order valence-electron chi connectivity index (χ2n) is 10.6. The zero-order valence-corrected chi connectivity index (χ0v) is 23.7. The molecule has 1 aliphatic rings. The molecule has 1 fully saturated rings. The Morgan fingerprint density at radius 1 is 1.11 bits per heavy atom. The summed E-state index contributed by atoms with van der Waals surface area (Å²) >= 11 is 3.58. The van der Waals surface area contributed by atoms with Crippen LogP contribution in [0, 0.1) is 0 Å². The highest BCUT2D eigenvalue weighted by molar-refractivity contribution is 9.10. The highest BCUT2D eigenvalue weighted by Crippen LogP contribution is 2.31. The van der Waals surface area contributed by atoms with Crippen LogP contribution < -0.4 is 14.8 Å². The lowest BCUT2D eigenvalue weighted by Gasteiger charge is -2.31. The average Bonchev–Trinajstić information content (AvgIpc) is 2.86. The molecule has 0 aromatic heterocycles. The van der Waals surface area contributed by atoms with E-state index in [1.165, 1.54) is 12.0 Å². The van der Waals surface area contributed by atoms with E-state index in [-0.39, 0.29) is 36.4 Å². The molecular weight excluding hydrogens is 520 g/mol. The lowest BCUT2D eigenvalue weighted by molar-refractivity contribution is -0.142. The Bertz CT molecular complexity index is 1040. The van der Waals surface area contributed by atoms with Crippen molar-refractivity contribution in [1.82, 2.24) is 10.2 Å².